The summed E-state index contributed by atoms with van der Waals surface area (Å²) in [6.07, 6.45) is -3.28. The zero-order valence-corrected chi connectivity index (χ0v) is 13.8. The van der Waals surface area contributed by atoms with E-state index in [-0.39, 0.29) is 10.0 Å². The molecule has 0 spiro atoms. The van der Waals surface area contributed by atoms with Crippen molar-refractivity contribution in [3.8, 4) is 0 Å². The van der Waals surface area contributed by atoms with Crippen LogP contribution in [0.15, 0.2) is 15.5 Å². The van der Waals surface area contributed by atoms with Crippen LogP contribution >= 0.6 is 15.9 Å². The van der Waals surface area contributed by atoms with E-state index in [0.29, 0.717) is 16.9 Å². The van der Waals surface area contributed by atoms with Gasteiger partial charge in [-0.1, -0.05) is 0 Å². The van der Waals surface area contributed by atoms with Gasteiger partial charge in [-0.05, 0) is 43.9 Å². The predicted molar refractivity (Wildman–Crippen MR) is 78.5 cm³/mol. The summed E-state index contributed by atoms with van der Waals surface area (Å²) in [6, 6.07) is 0. The molecule has 0 radical (unpaired) electrons. The van der Waals surface area contributed by atoms with Crippen molar-refractivity contribution in [2.75, 3.05) is 26.0 Å². The minimum Gasteiger partial charge on any atom is -0.381 e. The Labute approximate surface area is 129 Å². The van der Waals surface area contributed by atoms with Crippen LogP contribution in [0.5, 0.6) is 0 Å². The lowest BCUT2D eigenvalue weighted by Crippen LogP contribution is -2.44. The Morgan fingerprint density at radius 2 is 1.95 bits per heavy atom. The molecule has 0 aromatic carbocycles. The van der Waals surface area contributed by atoms with E-state index in [2.05, 4.69) is 26.3 Å². The van der Waals surface area contributed by atoms with Crippen molar-refractivity contribution in [3.63, 3.8) is 0 Å². The van der Waals surface area contributed by atoms with Crippen molar-refractivity contribution in [2.24, 2.45) is 0 Å². The van der Waals surface area contributed by atoms with Crippen LogP contribution in [0.25, 0.3) is 0 Å². The fraction of sp³-hybridized carbons (Fsp3) is 0.667. The summed E-state index contributed by atoms with van der Waals surface area (Å²) in [5.74, 6) is 0. The van der Waals surface area contributed by atoms with Crippen molar-refractivity contribution in [3.05, 3.63) is 21.0 Å². The maximum atomic E-state index is 12.3. The molecule has 1 rings (SSSR count). The van der Waals surface area contributed by atoms with Crippen LogP contribution in [0, 0.1) is 0 Å². The zero-order chi connectivity index (χ0) is 16.4. The average Bonchev–Trinajstić information content (AvgIpc) is 2.32. The Morgan fingerprint density at radius 1 is 1.38 bits per heavy atom. The average molecular weight is 371 g/mol. The number of hydrogen-bond donors (Lipinski definition) is 1. The molecular formula is C12H18BrF3N4O. The van der Waals surface area contributed by atoms with E-state index < -0.39 is 18.3 Å². The Hall–Kier alpha value is -1.09. The zero-order valence-electron chi connectivity index (χ0n) is 12.3. The summed E-state index contributed by atoms with van der Waals surface area (Å²) in [6.45, 7) is 3.08. The molecule has 0 aliphatic carbocycles. The molecule has 0 unspecified atom stereocenters. The molecule has 0 atom stereocenters. The first kappa shape index (κ1) is 18.0. The molecule has 1 aromatic rings. The van der Waals surface area contributed by atoms with Gasteiger partial charge in [0.2, 0.25) is 0 Å². The second-order valence-electron chi connectivity index (χ2n) is 5.51. The molecule has 0 fully saturated rings. The summed E-state index contributed by atoms with van der Waals surface area (Å²) in [7, 11) is 3.83. The number of hydrogen-bond acceptors (Lipinski definition) is 4. The number of rotatable bonds is 5. The largest absolute Gasteiger partial charge is 0.408 e. The van der Waals surface area contributed by atoms with Gasteiger partial charge in [-0.25, -0.2) is 4.68 Å². The molecule has 1 aromatic heterocycles. The van der Waals surface area contributed by atoms with Crippen molar-refractivity contribution in [2.45, 2.75) is 32.1 Å². The van der Waals surface area contributed by atoms with Crippen LogP contribution in [-0.2, 0) is 6.54 Å². The van der Waals surface area contributed by atoms with E-state index >= 15 is 0 Å². The summed E-state index contributed by atoms with van der Waals surface area (Å²) in [5, 5.41) is 6.57. The van der Waals surface area contributed by atoms with Crippen LogP contribution in [0.3, 0.4) is 0 Å². The molecule has 0 aliphatic heterocycles. The minimum absolute atomic E-state index is 0.0382. The number of nitrogens with one attached hydrogen (secondary N) is 1. The Bertz CT molecular complexity index is 554. The monoisotopic (exact) mass is 370 g/mol. The van der Waals surface area contributed by atoms with Gasteiger partial charge >= 0.3 is 6.18 Å². The molecule has 0 aliphatic rings. The van der Waals surface area contributed by atoms with E-state index in [1.165, 1.54) is 6.20 Å². The summed E-state index contributed by atoms with van der Waals surface area (Å²) >= 11 is 3.03. The van der Waals surface area contributed by atoms with Crippen molar-refractivity contribution in [1.29, 1.82) is 0 Å². The molecular weight excluding hydrogens is 353 g/mol. The third kappa shape index (κ3) is 4.99. The first-order chi connectivity index (χ1) is 9.44. The molecule has 0 amide bonds. The highest BCUT2D eigenvalue weighted by Crippen LogP contribution is 2.20. The summed E-state index contributed by atoms with van der Waals surface area (Å²) in [5.41, 5.74) is -0.645. The summed E-state index contributed by atoms with van der Waals surface area (Å²) < 4.78 is 37.4. The number of alkyl halides is 3. The van der Waals surface area contributed by atoms with Crippen LogP contribution < -0.4 is 10.9 Å². The van der Waals surface area contributed by atoms with E-state index in [0.717, 1.165) is 0 Å². The van der Waals surface area contributed by atoms with E-state index in [9.17, 15) is 18.0 Å². The highest BCUT2D eigenvalue weighted by atomic mass is 79.9. The molecule has 120 valence electrons. The van der Waals surface area contributed by atoms with Crippen molar-refractivity contribution < 1.29 is 13.2 Å². The second kappa shape index (κ2) is 6.35. The maximum Gasteiger partial charge on any atom is 0.408 e. The molecule has 5 nitrogen and oxygen atoms in total. The molecule has 0 saturated heterocycles. The van der Waals surface area contributed by atoms with Crippen LogP contribution in [0.2, 0.25) is 0 Å². The van der Waals surface area contributed by atoms with Gasteiger partial charge in [0.1, 0.15) is 11.0 Å². The maximum absolute atomic E-state index is 12.3. The van der Waals surface area contributed by atoms with Crippen LogP contribution in [-0.4, -0.2) is 47.0 Å². The number of halogens is 4. The van der Waals surface area contributed by atoms with Crippen molar-refractivity contribution >= 4 is 21.6 Å². The molecule has 9 heteroatoms. The van der Waals surface area contributed by atoms with Gasteiger partial charge in [0.05, 0.1) is 11.9 Å². The lowest BCUT2D eigenvalue weighted by molar-refractivity contribution is -0.143. The number of anilines is 1. The van der Waals surface area contributed by atoms with Gasteiger partial charge in [-0.3, -0.25) is 4.79 Å². The minimum atomic E-state index is -4.49. The van der Waals surface area contributed by atoms with Gasteiger partial charge in [-0.2, -0.15) is 18.3 Å². The fourth-order valence-electron chi connectivity index (χ4n) is 1.34. The lowest BCUT2D eigenvalue weighted by atomic mass is 10.0. The predicted octanol–water partition coefficient (Wildman–Crippen LogP) is 2.32. The Morgan fingerprint density at radius 3 is 2.43 bits per heavy atom. The highest BCUT2D eigenvalue weighted by Gasteiger charge is 2.30. The smallest absolute Gasteiger partial charge is 0.381 e. The summed E-state index contributed by atoms with van der Waals surface area (Å²) in [4.78, 5) is 13.8. The lowest BCUT2D eigenvalue weighted by Gasteiger charge is -2.33. The fourth-order valence-corrected chi connectivity index (χ4v) is 1.79. The highest BCUT2D eigenvalue weighted by molar-refractivity contribution is 9.10. The van der Waals surface area contributed by atoms with Gasteiger partial charge < -0.3 is 10.2 Å². The third-order valence-corrected chi connectivity index (χ3v) is 4.00. The Balaban J connectivity index is 2.93. The van der Waals surface area contributed by atoms with Crippen LogP contribution in [0.4, 0.5) is 18.9 Å². The molecule has 1 N–H and O–H groups in total. The van der Waals surface area contributed by atoms with E-state index in [1.54, 1.807) is 0 Å². The number of nitrogens with zero attached hydrogens (tertiary/aromatic N) is 3. The van der Waals surface area contributed by atoms with Gasteiger partial charge in [0, 0.05) is 12.1 Å². The topological polar surface area (TPSA) is 50.2 Å². The Kier molecular flexibility index (Phi) is 5.43. The SMILES string of the molecule is CN(C)C(C)(C)CNc1cnn(CC(F)(F)F)c(=O)c1Br. The van der Waals surface area contributed by atoms with E-state index in [1.807, 2.05) is 32.8 Å². The third-order valence-electron chi connectivity index (χ3n) is 3.24. The molecule has 0 saturated carbocycles. The quantitative estimate of drug-likeness (QED) is 0.863. The van der Waals surface area contributed by atoms with Gasteiger partial charge in [0.15, 0.2) is 0 Å². The number of likely N-dealkylation sites (N-methyl/N-ethyl adjacent to an activating group) is 1. The van der Waals surface area contributed by atoms with Gasteiger partial charge in [0.25, 0.3) is 5.56 Å². The second-order valence-corrected chi connectivity index (χ2v) is 6.30. The molecule has 0 bridgehead atoms. The number of aromatic nitrogens is 2. The van der Waals surface area contributed by atoms with Gasteiger partial charge in [-0.15, -0.1) is 0 Å². The normalized spacial score (nSPS) is 12.8. The first-order valence-corrected chi connectivity index (χ1v) is 6.97. The van der Waals surface area contributed by atoms with E-state index in [4.69, 9.17) is 0 Å². The van der Waals surface area contributed by atoms with Crippen molar-refractivity contribution in [1.82, 2.24) is 14.7 Å². The first-order valence-electron chi connectivity index (χ1n) is 6.18. The van der Waals surface area contributed by atoms with Crippen LogP contribution in [0.1, 0.15) is 13.8 Å². The molecule has 21 heavy (non-hydrogen) atoms. The standard InChI is InChI=1S/C12H18BrF3N4O/c1-11(2,19(3)4)6-17-8-5-18-20(7-12(14,15)16)10(21)9(8)13/h5,17H,6-7H2,1-4H3. The molecule has 1 heterocycles.